The van der Waals surface area contributed by atoms with Gasteiger partial charge < -0.3 is 14.9 Å². The predicted octanol–water partition coefficient (Wildman–Crippen LogP) is 1.96. The van der Waals surface area contributed by atoms with Gasteiger partial charge >= 0.3 is 0 Å². The molecule has 2 rings (SSSR count). The number of anilines is 1. The Morgan fingerprint density at radius 3 is 2.74 bits per heavy atom. The normalized spacial score (nSPS) is 10.2. The van der Waals surface area contributed by atoms with Gasteiger partial charge in [-0.05, 0) is 24.3 Å². The highest BCUT2D eigenvalue weighted by molar-refractivity contribution is 5.41. The summed E-state index contributed by atoms with van der Waals surface area (Å²) in [6.45, 7) is 1.46. The lowest BCUT2D eigenvalue weighted by Gasteiger charge is -2.07. The Morgan fingerprint density at radius 1 is 1.11 bits per heavy atom. The van der Waals surface area contributed by atoms with Crippen LogP contribution in [0.2, 0.25) is 0 Å². The molecule has 0 aliphatic heterocycles. The number of nitrogens with two attached hydrogens (primary N) is 1. The molecule has 19 heavy (non-hydrogen) atoms. The minimum absolute atomic E-state index is 0.438. The number of hydrogen-bond acceptors (Lipinski definition) is 5. The summed E-state index contributed by atoms with van der Waals surface area (Å²) in [5.41, 5.74) is 4.21. The zero-order valence-electron chi connectivity index (χ0n) is 10.6. The number of hydrazine groups is 1. The van der Waals surface area contributed by atoms with Crippen molar-refractivity contribution < 1.29 is 9.47 Å². The molecule has 0 saturated heterocycles. The van der Waals surface area contributed by atoms with Gasteiger partial charge in [0, 0.05) is 6.20 Å². The Morgan fingerprint density at radius 2 is 1.95 bits per heavy atom. The third kappa shape index (κ3) is 4.57. The third-order valence-electron chi connectivity index (χ3n) is 2.47. The zero-order chi connectivity index (χ0) is 13.3. The topological polar surface area (TPSA) is 69.4 Å². The summed E-state index contributed by atoms with van der Waals surface area (Å²) in [5, 5.41) is 0. The Balaban J connectivity index is 1.66. The highest BCUT2D eigenvalue weighted by atomic mass is 16.5. The minimum atomic E-state index is 0.438. The van der Waals surface area contributed by atoms with Gasteiger partial charge in [0.1, 0.15) is 12.4 Å². The second-order valence-corrected chi connectivity index (χ2v) is 3.89. The molecule has 0 radical (unpaired) electrons. The molecule has 0 bridgehead atoms. The van der Waals surface area contributed by atoms with Crippen molar-refractivity contribution in [2.45, 2.75) is 6.61 Å². The first-order valence-corrected chi connectivity index (χ1v) is 6.05. The number of benzene rings is 1. The van der Waals surface area contributed by atoms with Gasteiger partial charge in [0.05, 0.1) is 24.6 Å². The fraction of sp³-hybridized carbons (Fsp3) is 0.214. The smallest absolute Gasteiger partial charge is 0.119 e. The molecule has 0 fully saturated rings. The van der Waals surface area contributed by atoms with Crippen molar-refractivity contribution in [1.29, 1.82) is 0 Å². The molecule has 2 aromatic rings. The summed E-state index contributed by atoms with van der Waals surface area (Å²) >= 11 is 0. The quantitative estimate of drug-likeness (QED) is 0.452. The number of nitrogen functional groups attached to an aromatic ring is 1. The molecule has 0 saturated carbocycles. The van der Waals surface area contributed by atoms with Crippen LogP contribution >= 0.6 is 0 Å². The van der Waals surface area contributed by atoms with E-state index in [1.165, 1.54) is 0 Å². The van der Waals surface area contributed by atoms with Crippen molar-refractivity contribution in [3.8, 4) is 5.75 Å². The molecule has 5 heteroatoms. The lowest BCUT2D eigenvalue weighted by molar-refractivity contribution is 0.0870. The van der Waals surface area contributed by atoms with E-state index in [-0.39, 0.29) is 0 Å². The summed E-state index contributed by atoms with van der Waals surface area (Å²) in [6, 6.07) is 13.3. The van der Waals surface area contributed by atoms with Gasteiger partial charge in [-0.3, -0.25) is 10.8 Å². The fourth-order valence-electron chi connectivity index (χ4n) is 1.56. The van der Waals surface area contributed by atoms with Gasteiger partial charge in [0.25, 0.3) is 0 Å². The van der Waals surface area contributed by atoms with Crippen molar-refractivity contribution in [3.63, 3.8) is 0 Å². The van der Waals surface area contributed by atoms with Crippen LogP contribution in [-0.4, -0.2) is 18.2 Å². The lowest BCUT2D eigenvalue weighted by Crippen LogP contribution is -2.09. The average Bonchev–Trinajstić information content (AvgIpc) is 2.48. The number of nitrogens with one attached hydrogen (secondary N) is 1. The van der Waals surface area contributed by atoms with E-state index in [9.17, 15) is 0 Å². The summed E-state index contributed by atoms with van der Waals surface area (Å²) in [7, 11) is 0. The van der Waals surface area contributed by atoms with Crippen LogP contribution in [-0.2, 0) is 11.3 Å². The van der Waals surface area contributed by atoms with Gasteiger partial charge in [-0.25, -0.2) is 0 Å². The Hall–Kier alpha value is -2.11. The number of rotatable bonds is 7. The standard InChI is InChI=1S/C14H17N3O2/c15-17-12-6-7-16-13(10-12)11-18-8-9-19-14-4-2-1-3-5-14/h1-7,10H,8-9,11,15H2,(H,16,17). The Kier molecular flexibility index (Phi) is 5.16. The number of aromatic nitrogens is 1. The second kappa shape index (κ2) is 7.35. The Bertz CT molecular complexity index is 491. The minimum Gasteiger partial charge on any atom is -0.491 e. The van der Waals surface area contributed by atoms with E-state index in [1.54, 1.807) is 12.3 Å². The van der Waals surface area contributed by atoms with Crippen LogP contribution in [0.5, 0.6) is 5.75 Å². The lowest BCUT2D eigenvalue weighted by atomic mass is 10.3. The highest BCUT2D eigenvalue weighted by Crippen LogP contribution is 2.09. The molecular weight excluding hydrogens is 242 g/mol. The van der Waals surface area contributed by atoms with Crippen LogP contribution in [0.4, 0.5) is 5.69 Å². The van der Waals surface area contributed by atoms with Crippen molar-refractivity contribution in [3.05, 3.63) is 54.4 Å². The number of nitrogens with zero attached hydrogens (tertiary/aromatic N) is 1. The van der Waals surface area contributed by atoms with Gasteiger partial charge in [-0.15, -0.1) is 0 Å². The van der Waals surface area contributed by atoms with Crippen LogP contribution in [0.1, 0.15) is 5.69 Å². The molecule has 1 aromatic carbocycles. The third-order valence-corrected chi connectivity index (χ3v) is 2.47. The summed E-state index contributed by atoms with van der Waals surface area (Å²) in [5.74, 6) is 6.17. The SMILES string of the molecule is NNc1ccnc(COCCOc2ccccc2)c1. The first-order chi connectivity index (χ1) is 9.38. The maximum absolute atomic E-state index is 5.51. The van der Waals surface area contributed by atoms with E-state index in [0.717, 1.165) is 17.1 Å². The van der Waals surface area contributed by atoms with Crippen LogP contribution in [0, 0.1) is 0 Å². The highest BCUT2D eigenvalue weighted by Gasteiger charge is 1.97. The number of pyridine rings is 1. The molecule has 1 aromatic heterocycles. The summed E-state index contributed by atoms with van der Waals surface area (Å²) in [4.78, 5) is 4.18. The number of para-hydroxylation sites is 1. The molecule has 3 N–H and O–H groups in total. The van der Waals surface area contributed by atoms with Crippen molar-refractivity contribution >= 4 is 5.69 Å². The number of ether oxygens (including phenoxy) is 2. The summed E-state index contributed by atoms with van der Waals surface area (Å²) in [6.07, 6.45) is 1.69. The molecule has 0 aliphatic rings. The van der Waals surface area contributed by atoms with Gasteiger partial charge in [-0.2, -0.15) is 0 Å². The molecule has 0 aliphatic carbocycles. The van der Waals surface area contributed by atoms with Crippen LogP contribution in [0.15, 0.2) is 48.7 Å². The molecule has 0 spiro atoms. The maximum atomic E-state index is 5.51. The first-order valence-electron chi connectivity index (χ1n) is 6.05. The van der Waals surface area contributed by atoms with Crippen molar-refractivity contribution in [2.75, 3.05) is 18.6 Å². The van der Waals surface area contributed by atoms with Crippen LogP contribution < -0.4 is 16.0 Å². The van der Waals surface area contributed by atoms with E-state index >= 15 is 0 Å². The Labute approximate surface area is 112 Å². The fourth-order valence-corrected chi connectivity index (χ4v) is 1.56. The number of hydrogen-bond donors (Lipinski definition) is 2. The average molecular weight is 259 g/mol. The van der Waals surface area contributed by atoms with E-state index in [0.29, 0.717) is 19.8 Å². The summed E-state index contributed by atoms with van der Waals surface area (Å²) < 4.78 is 11.0. The monoisotopic (exact) mass is 259 g/mol. The van der Waals surface area contributed by atoms with Crippen LogP contribution in [0.25, 0.3) is 0 Å². The van der Waals surface area contributed by atoms with Gasteiger partial charge in [0.15, 0.2) is 0 Å². The molecule has 1 heterocycles. The van der Waals surface area contributed by atoms with Crippen molar-refractivity contribution in [1.82, 2.24) is 4.98 Å². The van der Waals surface area contributed by atoms with Gasteiger partial charge in [-0.1, -0.05) is 18.2 Å². The van der Waals surface area contributed by atoms with Crippen molar-refractivity contribution in [2.24, 2.45) is 5.84 Å². The van der Waals surface area contributed by atoms with E-state index in [4.69, 9.17) is 15.3 Å². The molecule has 100 valence electrons. The first kappa shape index (κ1) is 13.3. The molecule has 5 nitrogen and oxygen atoms in total. The molecule has 0 atom stereocenters. The zero-order valence-corrected chi connectivity index (χ0v) is 10.6. The predicted molar refractivity (Wildman–Crippen MR) is 73.6 cm³/mol. The van der Waals surface area contributed by atoms with Crippen LogP contribution in [0.3, 0.4) is 0 Å². The largest absolute Gasteiger partial charge is 0.491 e. The second-order valence-electron chi connectivity index (χ2n) is 3.89. The molecule has 0 unspecified atom stereocenters. The molecular formula is C14H17N3O2. The molecule has 0 amide bonds. The van der Waals surface area contributed by atoms with Gasteiger partial charge in [0.2, 0.25) is 0 Å². The maximum Gasteiger partial charge on any atom is 0.119 e. The van der Waals surface area contributed by atoms with E-state index < -0.39 is 0 Å². The van der Waals surface area contributed by atoms with E-state index in [1.807, 2.05) is 36.4 Å². The van der Waals surface area contributed by atoms with E-state index in [2.05, 4.69) is 10.4 Å².